The molecule has 1 saturated heterocycles. The number of likely N-dealkylation sites (N-methyl/N-ethyl adjacent to an activating group) is 1. The molecular weight excluding hydrogens is 327 g/mol. The highest BCUT2D eigenvalue weighted by Gasteiger charge is 2.40. The molecule has 2 atom stereocenters. The molecule has 3 aliphatic rings. The second-order valence-electron chi connectivity index (χ2n) is 6.76. The summed E-state index contributed by atoms with van der Waals surface area (Å²) in [4.78, 5) is 11.2. The van der Waals surface area contributed by atoms with Crippen molar-refractivity contribution in [1.29, 1.82) is 0 Å². The highest BCUT2D eigenvalue weighted by Crippen LogP contribution is 2.39. The zero-order valence-electron chi connectivity index (χ0n) is 14.2. The third kappa shape index (κ3) is 2.14. The normalized spacial score (nSPS) is 26.7. The lowest BCUT2D eigenvalue weighted by Crippen LogP contribution is -2.55. The van der Waals surface area contributed by atoms with E-state index in [9.17, 15) is 8.60 Å². The van der Waals surface area contributed by atoms with Gasteiger partial charge in [-0.3, -0.25) is 4.21 Å². The number of anilines is 1. The molecule has 3 aliphatic heterocycles. The number of fused-ring (bicyclic) bond motifs is 2. The van der Waals surface area contributed by atoms with Crippen molar-refractivity contribution in [3.63, 3.8) is 0 Å². The first-order valence-corrected chi connectivity index (χ1v) is 9.38. The molecule has 0 aromatic heterocycles. The first-order chi connectivity index (χ1) is 11.4. The van der Waals surface area contributed by atoms with Crippen molar-refractivity contribution in [1.82, 2.24) is 9.80 Å². The van der Waals surface area contributed by atoms with E-state index in [0.717, 1.165) is 31.2 Å². The van der Waals surface area contributed by atoms with Gasteiger partial charge in [-0.15, -0.1) is 0 Å². The van der Waals surface area contributed by atoms with Crippen LogP contribution >= 0.6 is 0 Å². The van der Waals surface area contributed by atoms with Gasteiger partial charge in [-0.05, 0) is 25.6 Å². The number of benzene rings is 1. The van der Waals surface area contributed by atoms with Gasteiger partial charge in [0, 0.05) is 26.7 Å². The predicted octanol–water partition coefficient (Wildman–Crippen LogP) is 1.54. The molecule has 0 radical (unpaired) electrons. The van der Waals surface area contributed by atoms with Crippen LogP contribution in [0.2, 0.25) is 0 Å². The van der Waals surface area contributed by atoms with Crippen LogP contribution in [0, 0.1) is 12.7 Å². The van der Waals surface area contributed by atoms with Crippen molar-refractivity contribution >= 4 is 22.3 Å². The maximum absolute atomic E-state index is 14.9. The maximum Gasteiger partial charge on any atom is 0.143 e. The van der Waals surface area contributed by atoms with Crippen LogP contribution in [-0.2, 0) is 10.8 Å². The summed E-state index contributed by atoms with van der Waals surface area (Å²) in [6.07, 6.45) is 0. The van der Waals surface area contributed by atoms with E-state index in [-0.39, 0.29) is 11.9 Å². The molecule has 0 bridgehead atoms. The topological polar surface area (TPSA) is 39.2 Å². The van der Waals surface area contributed by atoms with Gasteiger partial charge >= 0.3 is 0 Å². The summed E-state index contributed by atoms with van der Waals surface area (Å²) in [5.74, 6) is 1.41. The monoisotopic (exact) mass is 348 g/mol. The second-order valence-corrected chi connectivity index (χ2v) is 8.20. The fourth-order valence-corrected chi connectivity index (χ4v) is 5.32. The number of halogens is 1. The minimum absolute atomic E-state index is 0.0690. The molecule has 24 heavy (non-hydrogen) atoms. The number of amidine groups is 1. The number of aliphatic imine (C=N–C) groups is 1. The van der Waals surface area contributed by atoms with E-state index in [4.69, 9.17) is 0 Å². The van der Waals surface area contributed by atoms with Crippen LogP contribution in [0.25, 0.3) is 0 Å². The number of hydrogen-bond donors (Lipinski definition) is 0. The minimum atomic E-state index is -1.39. The fraction of sp³-hybridized carbons (Fsp3) is 0.471. The van der Waals surface area contributed by atoms with E-state index in [0.29, 0.717) is 27.6 Å². The molecule has 1 aromatic carbocycles. The Morgan fingerprint density at radius 3 is 2.88 bits per heavy atom. The summed E-state index contributed by atoms with van der Waals surface area (Å²) in [5, 5.41) is 0. The van der Waals surface area contributed by atoms with Crippen molar-refractivity contribution in [2.75, 3.05) is 44.4 Å². The summed E-state index contributed by atoms with van der Waals surface area (Å²) in [6.45, 7) is 8.25. The van der Waals surface area contributed by atoms with Gasteiger partial charge in [0.15, 0.2) is 0 Å². The van der Waals surface area contributed by atoms with Crippen molar-refractivity contribution in [2.24, 2.45) is 4.99 Å². The van der Waals surface area contributed by atoms with Crippen LogP contribution in [0.3, 0.4) is 0 Å². The molecule has 0 spiro atoms. The van der Waals surface area contributed by atoms with E-state index < -0.39 is 10.8 Å². The van der Waals surface area contributed by atoms with Crippen LogP contribution in [0.5, 0.6) is 0 Å². The third-order valence-electron chi connectivity index (χ3n) is 5.12. The van der Waals surface area contributed by atoms with Crippen LogP contribution in [-0.4, -0.2) is 65.4 Å². The minimum Gasteiger partial charge on any atom is -0.349 e. The summed E-state index contributed by atoms with van der Waals surface area (Å²) < 4.78 is 27.9. The van der Waals surface area contributed by atoms with Gasteiger partial charge in [0.2, 0.25) is 0 Å². The molecule has 0 saturated carbocycles. The average molecular weight is 348 g/mol. The molecule has 3 heterocycles. The summed E-state index contributed by atoms with van der Waals surface area (Å²) >= 11 is 0. The van der Waals surface area contributed by atoms with Crippen molar-refractivity contribution in [2.45, 2.75) is 17.9 Å². The van der Waals surface area contributed by atoms with Gasteiger partial charge in [0.25, 0.3) is 0 Å². The molecule has 1 fully saturated rings. The summed E-state index contributed by atoms with van der Waals surface area (Å²) in [6, 6.07) is 1.88. The lowest BCUT2D eigenvalue weighted by molar-refractivity contribution is 0.164. The fourth-order valence-electron chi connectivity index (χ4n) is 3.73. The van der Waals surface area contributed by atoms with Gasteiger partial charge < -0.3 is 14.7 Å². The molecule has 7 heteroatoms. The van der Waals surface area contributed by atoms with Crippen LogP contribution in [0.1, 0.15) is 11.1 Å². The molecule has 5 nitrogen and oxygen atoms in total. The average Bonchev–Trinajstić information content (AvgIpc) is 2.64. The van der Waals surface area contributed by atoms with Gasteiger partial charge in [-0.2, -0.15) is 0 Å². The first-order valence-electron chi connectivity index (χ1n) is 8.07. The lowest BCUT2D eigenvalue weighted by Gasteiger charge is -2.42. The van der Waals surface area contributed by atoms with Crippen molar-refractivity contribution in [3.05, 3.63) is 35.4 Å². The van der Waals surface area contributed by atoms with E-state index in [1.54, 1.807) is 6.92 Å². The molecule has 0 aliphatic carbocycles. The molecule has 0 amide bonds. The summed E-state index contributed by atoms with van der Waals surface area (Å²) in [5.41, 5.74) is 2.03. The Hall–Kier alpha value is -1.73. The number of hydrogen-bond acceptors (Lipinski definition) is 5. The number of nitrogens with zero attached hydrogens (tertiary/aromatic N) is 4. The second kappa shape index (κ2) is 5.39. The zero-order valence-corrected chi connectivity index (χ0v) is 15.0. The van der Waals surface area contributed by atoms with E-state index >= 15 is 0 Å². The highest BCUT2D eigenvalue weighted by molar-refractivity contribution is 7.85. The van der Waals surface area contributed by atoms with E-state index in [2.05, 4.69) is 28.4 Å². The molecular formula is C17H21FN4OS. The zero-order chi connectivity index (χ0) is 17.2. The molecule has 1 aromatic rings. The van der Waals surface area contributed by atoms with Gasteiger partial charge in [-0.25, -0.2) is 9.38 Å². The Morgan fingerprint density at radius 2 is 2.12 bits per heavy atom. The smallest absolute Gasteiger partial charge is 0.143 e. The molecule has 2 unspecified atom stereocenters. The molecule has 128 valence electrons. The Labute approximate surface area is 143 Å². The Kier molecular flexibility index (Phi) is 3.54. The van der Waals surface area contributed by atoms with Gasteiger partial charge in [-0.1, -0.05) is 6.58 Å². The Morgan fingerprint density at radius 1 is 1.38 bits per heavy atom. The van der Waals surface area contributed by atoms with Crippen LogP contribution in [0.15, 0.2) is 28.4 Å². The third-order valence-corrected chi connectivity index (χ3v) is 6.64. The predicted molar refractivity (Wildman–Crippen MR) is 94.5 cm³/mol. The van der Waals surface area contributed by atoms with Crippen LogP contribution < -0.4 is 4.90 Å². The number of rotatable bonds is 0. The Balaban J connectivity index is 2.00. The number of piperazine rings is 1. The SMILES string of the molecule is C=C1N=C2c3c(cc(C)c(F)c3S(=O)CC3CN(C)CCN23)N1C. The van der Waals surface area contributed by atoms with Gasteiger partial charge in [0.05, 0.1) is 38.7 Å². The quantitative estimate of drug-likeness (QED) is 0.713. The standard InChI is InChI=1S/C17H21FN4OS/c1-10-7-13-14-16(15(10)18)24(23)9-12-8-20(3)5-6-22(12)17(14)19-11(2)21(13)4/h7,12H,2,5-6,8-9H2,1,3-4H3. The van der Waals surface area contributed by atoms with Crippen molar-refractivity contribution in [3.8, 4) is 0 Å². The molecule has 0 N–H and O–H groups in total. The highest BCUT2D eigenvalue weighted by atomic mass is 32.2. The van der Waals surface area contributed by atoms with Crippen LogP contribution in [0.4, 0.5) is 10.1 Å². The Bertz CT molecular complexity index is 806. The van der Waals surface area contributed by atoms with Crippen molar-refractivity contribution < 1.29 is 8.60 Å². The van der Waals surface area contributed by atoms with Gasteiger partial charge in [0.1, 0.15) is 17.5 Å². The lowest BCUT2D eigenvalue weighted by atomic mass is 10.0. The van der Waals surface area contributed by atoms with E-state index in [1.807, 2.05) is 18.0 Å². The number of aryl methyl sites for hydroxylation is 1. The largest absolute Gasteiger partial charge is 0.349 e. The first kappa shape index (κ1) is 15.8. The summed E-state index contributed by atoms with van der Waals surface area (Å²) in [7, 11) is 2.53. The molecule has 4 rings (SSSR count). The maximum atomic E-state index is 14.9. The van der Waals surface area contributed by atoms with E-state index in [1.165, 1.54) is 0 Å².